The summed E-state index contributed by atoms with van der Waals surface area (Å²) in [5.74, 6) is -3.11. The summed E-state index contributed by atoms with van der Waals surface area (Å²) in [6, 6.07) is 8.07. The molecule has 2 aromatic carbocycles. The van der Waals surface area contributed by atoms with Gasteiger partial charge in [-0.3, -0.25) is 19.7 Å². The first-order valence-electron chi connectivity index (χ1n) is 12.1. The summed E-state index contributed by atoms with van der Waals surface area (Å²) in [4.78, 5) is 49.8. The van der Waals surface area contributed by atoms with E-state index in [1.165, 1.54) is 35.2 Å². The van der Waals surface area contributed by atoms with Crippen molar-refractivity contribution in [1.82, 2.24) is 10.2 Å². The Hall–Kier alpha value is -3.89. The van der Waals surface area contributed by atoms with Crippen molar-refractivity contribution in [3.05, 3.63) is 75.3 Å². The number of nitrogens with zero attached hydrogens (tertiary/aromatic N) is 2. The van der Waals surface area contributed by atoms with Gasteiger partial charge in [0.1, 0.15) is 12.6 Å². The lowest BCUT2D eigenvalue weighted by atomic mass is 10.1. The van der Waals surface area contributed by atoms with Crippen molar-refractivity contribution in [3.8, 4) is 0 Å². The number of rotatable bonds is 11. The van der Waals surface area contributed by atoms with Crippen molar-refractivity contribution in [1.29, 1.82) is 0 Å². The van der Waals surface area contributed by atoms with E-state index in [0.29, 0.717) is 18.4 Å². The molecule has 1 saturated heterocycles. The lowest BCUT2D eigenvalue weighted by Crippen LogP contribution is -2.44. The van der Waals surface area contributed by atoms with Gasteiger partial charge in [-0.15, -0.1) is 0 Å². The smallest absolute Gasteiger partial charge is 0.328 e. The van der Waals surface area contributed by atoms with Crippen LogP contribution in [0.3, 0.4) is 0 Å². The van der Waals surface area contributed by atoms with Crippen LogP contribution in [0.2, 0.25) is 0 Å². The molecule has 196 valence electrons. The molecule has 1 saturated carbocycles. The fourth-order valence-corrected chi connectivity index (χ4v) is 4.46. The molecule has 4 rings (SSSR count). The number of non-ortho nitro benzene ring substituents is 1. The minimum atomic E-state index is -1.03. The van der Waals surface area contributed by atoms with Crippen LogP contribution in [0, 0.1) is 27.7 Å². The van der Waals surface area contributed by atoms with Crippen molar-refractivity contribution in [2.24, 2.45) is 5.92 Å². The quantitative estimate of drug-likeness (QED) is 0.276. The Morgan fingerprint density at radius 2 is 1.92 bits per heavy atom. The third-order valence-electron chi connectivity index (χ3n) is 6.63. The second-order valence-electron chi connectivity index (χ2n) is 9.47. The highest BCUT2D eigenvalue weighted by molar-refractivity contribution is 5.86. The van der Waals surface area contributed by atoms with Gasteiger partial charge in [0.2, 0.25) is 11.8 Å². The molecule has 2 aromatic rings. The molecule has 2 fully saturated rings. The fourth-order valence-electron chi connectivity index (χ4n) is 4.46. The van der Waals surface area contributed by atoms with Gasteiger partial charge in [0.05, 0.1) is 4.92 Å². The maximum absolute atomic E-state index is 14.1. The zero-order chi connectivity index (χ0) is 26.5. The van der Waals surface area contributed by atoms with E-state index in [1.54, 1.807) is 6.07 Å². The molecule has 1 aliphatic carbocycles. The normalized spacial score (nSPS) is 17.9. The average molecular weight is 516 g/mol. The lowest BCUT2D eigenvalue weighted by Gasteiger charge is -2.26. The number of ether oxygens (including phenoxy) is 1. The van der Waals surface area contributed by atoms with Crippen LogP contribution in [-0.2, 0) is 32.3 Å². The number of esters is 1. The molecule has 37 heavy (non-hydrogen) atoms. The van der Waals surface area contributed by atoms with E-state index in [9.17, 15) is 33.3 Å². The Bertz CT molecular complexity index is 1200. The Morgan fingerprint density at radius 3 is 2.65 bits per heavy atom. The van der Waals surface area contributed by atoms with E-state index < -0.39 is 40.5 Å². The van der Waals surface area contributed by atoms with Gasteiger partial charge in [-0.1, -0.05) is 37.1 Å². The van der Waals surface area contributed by atoms with Crippen LogP contribution in [0.4, 0.5) is 14.5 Å². The molecule has 0 spiro atoms. The lowest BCUT2D eigenvalue weighted by molar-refractivity contribution is -0.384. The molecule has 0 aromatic heterocycles. The van der Waals surface area contributed by atoms with Crippen molar-refractivity contribution in [2.45, 2.75) is 63.8 Å². The first-order chi connectivity index (χ1) is 17.7. The van der Waals surface area contributed by atoms with Crippen LogP contribution in [0.5, 0.6) is 0 Å². The molecular formula is C26H27F2N3O6. The number of nitro benzene ring substituents is 1. The largest absolute Gasteiger partial charge is 0.459 e. The number of benzene rings is 2. The van der Waals surface area contributed by atoms with Crippen molar-refractivity contribution in [2.75, 3.05) is 0 Å². The Morgan fingerprint density at radius 1 is 1.16 bits per heavy atom. The van der Waals surface area contributed by atoms with Crippen LogP contribution in [0.15, 0.2) is 42.5 Å². The highest BCUT2D eigenvalue weighted by Gasteiger charge is 2.35. The molecule has 0 bridgehead atoms. The number of hydrogen-bond acceptors (Lipinski definition) is 6. The van der Waals surface area contributed by atoms with Crippen molar-refractivity contribution >= 4 is 23.5 Å². The second-order valence-corrected chi connectivity index (χ2v) is 9.47. The molecule has 2 amide bonds. The fraction of sp³-hybridized carbons (Fsp3) is 0.423. The van der Waals surface area contributed by atoms with Crippen LogP contribution in [0.25, 0.3) is 0 Å². The zero-order valence-electron chi connectivity index (χ0n) is 20.0. The molecule has 9 nitrogen and oxygen atoms in total. The highest BCUT2D eigenvalue weighted by atomic mass is 19.2. The summed E-state index contributed by atoms with van der Waals surface area (Å²) in [5.41, 5.74) is 0.353. The number of hydrogen-bond donors (Lipinski definition) is 1. The molecular weight excluding hydrogens is 488 g/mol. The van der Waals surface area contributed by atoms with Crippen molar-refractivity contribution < 1.29 is 32.8 Å². The first-order valence-corrected chi connectivity index (χ1v) is 12.1. The van der Waals surface area contributed by atoms with E-state index in [-0.39, 0.29) is 49.1 Å². The van der Waals surface area contributed by atoms with Crippen LogP contribution in [-0.4, -0.2) is 39.7 Å². The standard InChI is InChI=1S/C26H27F2N3O6/c27-21-6-2-4-18(25(21)28)14-30-19(9-10-24(30)33)13-23(32)29-22(12-16-7-8-16)26(34)37-15-17-3-1-5-20(11-17)31(35)36/h1-6,11,16,19,22H,7-10,12-15H2,(H,29,32)/t19-,22-/m0/s1. The number of likely N-dealkylation sites (tertiary alicyclic amines) is 1. The van der Waals surface area contributed by atoms with Gasteiger partial charge in [-0.25, -0.2) is 13.6 Å². The molecule has 1 aliphatic heterocycles. The van der Waals surface area contributed by atoms with Gasteiger partial charge in [0, 0.05) is 43.1 Å². The van der Waals surface area contributed by atoms with Gasteiger partial charge in [0.15, 0.2) is 11.6 Å². The van der Waals surface area contributed by atoms with Crippen LogP contribution >= 0.6 is 0 Å². The van der Waals surface area contributed by atoms with Gasteiger partial charge in [-0.2, -0.15) is 0 Å². The summed E-state index contributed by atoms with van der Waals surface area (Å²) in [6.45, 7) is -0.335. The summed E-state index contributed by atoms with van der Waals surface area (Å²) in [6.07, 6.45) is 2.76. The monoisotopic (exact) mass is 515 g/mol. The molecule has 1 N–H and O–H groups in total. The van der Waals surface area contributed by atoms with Crippen molar-refractivity contribution in [3.63, 3.8) is 0 Å². The maximum Gasteiger partial charge on any atom is 0.328 e. The number of nitro groups is 1. The first kappa shape index (κ1) is 26.2. The number of halogens is 2. The van der Waals surface area contributed by atoms with Gasteiger partial charge < -0.3 is 15.0 Å². The minimum absolute atomic E-state index is 0.0250. The number of carbonyl (C=O) groups excluding carboxylic acids is 3. The molecule has 11 heteroatoms. The molecule has 0 radical (unpaired) electrons. The van der Waals surface area contributed by atoms with E-state index in [0.717, 1.165) is 18.9 Å². The minimum Gasteiger partial charge on any atom is -0.459 e. The predicted octanol–water partition coefficient (Wildman–Crippen LogP) is 3.78. The zero-order valence-corrected chi connectivity index (χ0v) is 20.0. The number of amides is 2. The second kappa shape index (κ2) is 11.4. The predicted molar refractivity (Wildman–Crippen MR) is 127 cm³/mol. The molecule has 1 heterocycles. The Balaban J connectivity index is 1.36. The third kappa shape index (κ3) is 6.87. The van der Waals surface area contributed by atoms with Crippen LogP contribution in [0.1, 0.15) is 49.7 Å². The molecule has 2 aliphatic rings. The van der Waals surface area contributed by atoms with Gasteiger partial charge in [-0.05, 0) is 30.4 Å². The SMILES string of the molecule is O=C(C[C@@H]1CCC(=O)N1Cc1cccc(F)c1F)N[C@@H](CC1CC1)C(=O)OCc1cccc([N+](=O)[O-])c1. The van der Waals surface area contributed by atoms with Gasteiger partial charge >= 0.3 is 5.97 Å². The Kier molecular flexibility index (Phi) is 8.10. The average Bonchev–Trinajstić information content (AvgIpc) is 3.63. The maximum atomic E-state index is 14.1. The number of nitrogens with one attached hydrogen (secondary N) is 1. The summed E-state index contributed by atoms with van der Waals surface area (Å²) in [7, 11) is 0. The van der Waals surface area contributed by atoms with E-state index >= 15 is 0 Å². The summed E-state index contributed by atoms with van der Waals surface area (Å²) < 4.78 is 33.1. The van der Waals surface area contributed by atoms with Gasteiger partial charge in [0.25, 0.3) is 5.69 Å². The third-order valence-corrected chi connectivity index (χ3v) is 6.63. The van der Waals surface area contributed by atoms with E-state index in [1.807, 2.05) is 0 Å². The molecule has 2 atom stereocenters. The Labute approximate surface area is 211 Å². The number of carbonyl (C=O) groups is 3. The summed E-state index contributed by atoms with van der Waals surface area (Å²) >= 11 is 0. The summed E-state index contributed by atoms with van der Waals surface area (Å²) in [5, 5.41) is 13.7. The van der Waals surface area contributed by atoms with Crippen LogP contribution < -0.4 is 5.32 Å². The van der Waals surface area contributed by atoms with E-state index in [4.69, 9.17) is 4.74 Å². The highest BCUT2D eigenvalue weighted by Crippen LogP contribution is 2.34. The topological polar surface area (TPSA) is 119 Å². The molecule has 0 unspecified atom stereocenters. The van der Waals surface area contributed by atoms with E-state index in [2.05, 4.69) is 5.32 Å².